The number of fused-ring (bicyclic) bond motifs is 1. The number of anilines is 1. The first-order valence-corrected chi connectivity index (χ1v) is 7.50. The number of aromatic nitrogens is 2. The number of aryl methyl sites for hydroxylation is 1. The molecule has 3 rings (SSSR count). The summed E-state index contributed by atoms with van der Waals surface area (Å²) < 4.78 is 39.3. The van der Waals surface area contributed by atoms with Crippen LogP contribution in [-0.4, -0.2) is 20.6 Å². The third-order valence-electron chi connectivity index (χ3n) is 4.05. The van der Waals surface area contributed by atoms with Crippen molar-refractivity contribution in [2.45, 2.75) is 31.6 Å². The van der Waals surface area contributed by atoms with Gasteiger partial charge in [-0.05, 0) is 24.1 Å². The summed E-state index contributed by atoms with van der Waals surface area (Å²) >= 11 is 0. The standard InChI is InChI=1S/C16H14F3N3O3/c17-16(18,19)10-3-1-2-9(6-10)7-20-11-8-21-13-5-4-12(15(24)25)22(13)14(11)23/h1-3,6,8,12,20H,4-5,7H2,(H,24,25)/t12-/m0/s1. The molecule has 1 aliphatic rings. The fourth-order valence-electron chi connectivity index (χ4n) is 2.81. The number of hydrogen-bond acceptors (Lipinski definition) is 4. The lowest BCUT2D eigenvalue weighted by atomic mass is 10.1. The van der Waals surface area contributed by atoms with Crippen LogP contribution >= 0.6 is 0 Å². The summed E-state index contributed by atoms with van der Waals surface area (Å²) in [4.78, 5) is 27.7. The van der Waals surface area contributed by atoms with Gasteiger partial charge in [-0.2, -0.15) is 13.2 Å². The number of aliphatic carboxylic acids is 1. The second-order valence-electron chi connectivity index (χ2n) is 5.71. The van der Waals surface area contributed by atoms with E-state index in [1.807, 2.05) is 0 Å². The fourth-order valence-corrected chi connectivity index (χ4v) is 2.81. The van der Waals surface area contributed by atoms with Crippen LogP contribution in [0.5, 0.6) is 0 Å². The normalized spacial score (nSPS) is 16.5. The number of hydrogen-bond donors (Lipinski definition) is 2. The van der Waals surface area contributed by atoms with Gasteiger partial charge in [-0.1, -0.05) is 12.1 Å². The highest BCUT2D eigenvalue weighted by Gasteiger charge is 2.31. The Balaban J connectivity index is 1.83. The van der Waals surface area contributed by atoms with E-state index in [9.17, 15) is 27.9 Å². The van der Waals surface area contributed by atoms with Crippen molar-refractivity contribution in [3.05, 3.63) is 57.8 Å². The van der Waals surface area contributed by atoms with Crippen molar-refractivity contribution in [3.63, 3.8) is 0 Å². The van der Waals surface area contributed by atoms with E-state index in [0.29, 0.717) is 17.8 Å². The first kappa shape index (κ1) is 17.0. The first-order valence-electron chi connectivity index (χ1n) is 7.50. The number of nitrogens with one attached hydrogen (secondary N) is 1. The van der Waals surface area contributed by atoms with Crippen LogP contribution in [0.4, 0.5) is 18.9 Å². The molecule has 2 aromatic rings. The summed E-state index contributed by atoms with van der Waals surface area (Å²) in [6, 6.07) is 3.78. The maximum absolute atomic E-state index is 12.7. The number of carboxylic acid groups (broad SMARTS) is 1. The highest BCUT2D eigenvalue weighted by Crippen LogP contribution is 2.29. The molecule has 0 radical (unpaired) electrons. The fraction of sp³-hybridized carbons (Fsp3) is 0.312. The van der Waals surface area contributed by atoms with Gasteiger partial charge in [0.1, 0.15) is 17.6 Å². The van der Waals surface area contributed by atoms with Crippen LogP contribution in [0.3, 0.4) is 0 Å². The Labute approximate surface area is 139 Å². The molecule has 0 saturated carbocycles. The Morgan fingerprint density at radius 2 is 2.16 bits per heavy atom. The molecule has 132 valence electrons. The molecule has 1 atom stereocenters. The SMILES string of the molecule is O=C(O)[C@@H]1CCc2ncc(NCc3cccc(C(F)(F)F)c3)c(=O)n21. The molecule has 1 aliphatic heterocycles. The van der Waals surface area contributed by atoms with Gasteiger partial charge in [0, 0.05) is 13.0 Å². The summed E-state index contributed by atoms with van der Waals surface area (Å²) in [5.41, 5.74) is -0.924. The lowest BCUT2D eigenvalue weighted by Gasteiger charge is -2.13. The quantitative estimate of drug-likeness (QED) is 0.882. The van der Waals surface area contributed by atoms with Crippen molar-refractivity contribution in [2.24, 2.45) is 0 Å². The number of halogens is 3. The van der Waals surface area contributed by atoms with Gasteiger partial charge in [0.25, 0.3) is 5.56 Å². The van der Waals surface area contributed by atoms with Crippen LogP contribution in [0, 0.1) is 0 Å². The van der Waals surface area contributed by atoms with E-state index in [0.717, 1.165) is 16.7 Å². The lowest BCUT2D eigenvalue weighted by Crippen LogP contribution is -2.30. The lowest BCUT2D eigenvalue weighted by molar-refractivity contribution is -0.141. The number of rotatable bonds is 4. The van der Waals surface area contributed by atoms with Crippen molar-refractivity contribution >= 4 is 11.7 Å². The van der Waals surface area contributed by atoms with Gasteiger partial charge in [-0.15, -0.1) is 0 Å². The molecule has 25 heavy (non-hydrogen) atoms. The molecule has 1 aromatic carbocycles. The molecule has 0 aliphatic carbocycles. The Morgan fingerprint density at radius 3 is 2.84 bits per heavy atom. The van der Waals surface area contributed by atoms with E-state index in [-0.39, 0.29) is 18.7 Å². The van der Waals surface area contributed by atoms with Crippen LogP contribution in [0.1, 0.15) is 29.4 Å². The summed E-state index contributed by atoms with van der Waals surface area (Å²) in [6.45, 7) is -0.0159. The van der Waals surface area contributed by atoms with E-state index in [2.05, 4.69) is 10.3 Å². The van der Waals surface area contributed by atoms with Crippen LogP contribution in [0.2, 0.25) is 0 Å². The maximum atomic E-state index is 12.7. The van der Waals surface area contributed by atoms with Crippen molar-refractivity contribution in [1.82, 2.24) is 9.55 Å². The van der Waals surface area contributed by atoms with E-state index in [1.165, 1.54) is 18.3 Å². The van der Waals surface area contributed by atoms with E-state index < -0.39 is 29.3 Å². The van der Waals surface area contributed by atoms with Crippen LogP contribution in [0.15, 0.2) is 35.3 Å². The molecule has 1 aromatic heterocycles. The number of carboxylic acids is 1. The van der Waals surface area contributed by atoms with Gasteiger partial charge >= 0.3 is 12.1 Å². The van der Waals surface area contributed by atoms with Crippen molar-refractivity contribution < 1.29 is 23.1 Å². The Kier molecular flexibility index (Phi) is 4.23. The summed E-state index contributed by atoms with van der Waals surface area (Å²) in [5, 5.41) is 11.9. The van der Waals surface area contributed by atoms with Gasteiger partial charge in [0.15, 0.2) is 0 Å². The molecule has 6 nitrogen and oxygen atoms in total. The average molecular weight is 353 g/mol. The molecule has 0 bridgehead atoms. The van der Waals surface area contributed by atoms with E-state index >= 15 is 0 Å². The summed E-state index contributed by atoms with van der Waals surface area (Å²) in [7, 11) is 0. The molecule has 0 fully saturated rings. The van der Waals surface area contributed by atoms with Crippen molar-refractivity contribution in [2.75, 3.05) is 5.32 Å². The number of benzene rings is 1. The molecule has 0 saturated heterocycles. The zero-order chi connectivity index (χ0) is 18.2. The molecular weight excluding hydrogens is 339 g/mol. The topological polar surface area (TPSA) is 84.2 Å². The van der Waals surface area contributed by atoms with Gasteiger partial charge in [-0.3, -0.25) is 9.36 Å². The highest BCUT2D eigenvalue weighted by atomic mass is 19.4. The molecule has 9 heteroatoms. The van der Waals surface area contributed by atoms with E-state index in [1.54, 1.807) is 0 Å². The number of nitrogens with zero attached hydrogens (tertiary/aromatic N) is 2. The van der Waals surface area contributed by atoms with Gasteiger partial charge in [0.05, 0.1) is 11.8 Å². The summed E-state index contributed by atoms with van der Waals surface area (Å²) in [6.07, 6.45) is -2.49. The Hall–Kier alpha value is -2.84. The van der Waals surface area contributed by atoms with Gasteiger partial charge in [-0.25, -0.2) is 9.78 Å². The molecule has 0 unspecified atom stereocenters. The molecular formula is C16H14F3N3O3. The van der Waals surface area contributed by atoms with E-state index in [4.69, 9.17) is 0 Å². The smallest absolute Gasteiger partial charge is 0.416 e. The molecule has 2 heterocycles. The molecule has 2 N–H and O–H groups in total. The van der Waals surface area contributed by atoms with Crippen LogP contribution < -0.4 is 10.9 Å². The zero-order valence-electron chi connectivity index (χ0n) is 12.9. The minimum Gasteiger partial charge on any atom is -0.480 e. The maximum Gasteiger partial charge on any atom is 0.416 e. The predicted octanol–water partition coefficient (Wildman–Crippen LogP) is 2.45. The average Bonchev–Trinajstić information content (AvgIpc) is 2.99. The highest BCUT2D eigenvalue weighted by molar-refractivity contribution is 5.72. The predicted molar refractivity (Wildman–Crippen MR) is 82.3 cm³/mol. The first-order chi connectivity index (χ1) is 11.8. The third kappa shape index (κ3) is 3.35. The third-order valence-corrected chi connectivity index (χ3v) is 4.05. The van der Waals surface area contributed by atoms with Crippen molar-refractivity contribution in [1.29, 1.82) is 0 Å². The minimum absolute atomic E-state index is 0.0159. The number of carbonyl (C=O) groups is 1. The monoisotopic (exact) mass is 353 g/mol. The zero-order valence-corrected chi connectivity index (χ0v) is 12.9. The number of alkyl halides is 3. The van der Waals surface area contributed by atoms with Crippen LogP contribution in [0.25, 0.3) is 0 Å². The Morgan fingerprint density at radius 1 is 1.40 bits per heavy atom. The second-order valence-corrected chi connectivity index (χ2v) is 5.71. The molecule has 0 spiro atoms. The second kappa shape index (κ2) is 6.23. The van der Waals surface area contributed by atoms with Crippen LogP contribution in [-0.2, 0) is 23.9 Å². The van der Waals surface area contributed by atoms with Gasteiger partial charge in [0.2, 0.25) is 0 Å². The van der Waals surface area contributed by atoms with Crippen molar-refractivity contribution in [3.8, 4) is 0 Å². The molecule has 0 amide bonds. The summed E-state index contributed by atoms with van der Waals surface area (Å²) in [5.74, 6) is -0.723. The minimum atomic E-state index is -4.45. The largest absolute Gasteiger partial charge is 0.480 e. The van der Waals surface area contributed by atoms with Gasteiger partial charge < -0.3 is 10.4 Å². The Bertz CT molecular complexity index is 877.